The second-order valence-electron chi connectivity index (χ2n) is 16.2. The molecular formula is C34H48N2O2. The lowest BCUT2D eigenvalue weighted by atomic mass is 9.35. The van der Waals surface area contributed by atoms with Crippen molar-refractivity contribution >= 4 is 11.6 Å². The Kier molecular flexibility index (Phi) is 5.53. The maximum absolute atomic E-state index is 14.5. The Labute approximate surface area is 230 Å². The van der Waals surface area contributed by atoms with Crippen LogP contribution in [0.15, 0.2) is 23.3 Å². The fourth-order valence-corrected chi connectivity index (χ4v) is 10.6. The summed E-state index contributed by atoms with van der Waals surface area (Å²) in [6, 6.07) is 2.22. The summed E-state index contributed by atoms with van der Waals surface area (Å²) < 4.78 is 0. The number of ketones is 2. The van der Waals surface area contributed by atoms with Gasteiger partial charge in [-0.15, -0.1) is 0 Å². The van der Waals surface area contributed by atoms with Crippen molar-refractivity contribution in [2.75, 3.05) is 6.54 Å². The fraction of sp³-hybridized carbons (Fsp3) is 0.794. The topological polar surface area (TPSA) is 70.0 Å². The Balaban J connectivity index is 1.48. The highest BCUT2D eigenvalue weighted by molar-refractivity contribution is 6.04. The van der Waals surface area contributed by atoms with Crippen molar-refractivity contribution in [2.45, 2.75) is 112 Å². The molecule has 4 fully saturated rings. The minimum atomic E-state index is -0.612. The van der Waals surface area contributed by atoms with Crippen LogP contribution in [0, 0.1) is 62.1 Å². The van der Waals surface area contributed by atoms with Crippen LogP contribution >= 0.6 is 0 Å². The van der Waals surface area contributed by atoms with Gasteiger partial charge in [-0.05, 0) is 104 Å². The minimum absolute atomic E-state index is 0.0223. The summed E-state index contributed by atoms with van der Waals surface area (Å²) in [7, 11) is 0. The van der Waals surface area contributed by atoms with Gasteiger partial charge in [0.15, 0.2) is 11.6 Å². The number of Topliss-reactive ketones (excluding diaryl/α,β-unsaturated/α-hetero) is 1. The normalized spacial score (nSPS) is 46.9. The molecule has 7 atom stereocenters. The average molecular weight is 517 g/mol. The second-order valence-corrected chi connectivity index (χ2v) is 16.2. The van der Waals surface area contributed by atoms with Crippen LogP contribution in [0.2, 0.25) is 0 Å². The number of hydrogen-bond donors (Lipinski definition) is 1. The Morgan fingerprint density at radius 3 is 2.29 bits per heavy atom. The van der Waals surface area contributed by atoms with Crippen molar-refractivity contribution < 1.29 is 9.59 Å². The van der Waals surface area contributed by atoms with Crippen LogP contribution in [0.1, 0.15) is 106 Å². The third kappa shape index (κ3) is 3.36. The Bertz CT molecular complexity index is 1190. The minimum Gasteiger partial charge on any atom is -0.311 e. The molecule has 0 aromatic carbocycles. The van der Waals surface area contributed by atoms with Gasteiger partial charge < -0.3 is 5.32 Å². The summed E-state index contributed by atoms with van der Waals surface area (Å²) in [6.07, 6.45) is 14.4. The number of hydrogen-bond acceptors (Lipinski definition) is 4. The quantitative estimate of drug-likeness (QED) is 0.440. The van der Waals surface area contributed by atoms with E-state index in [0.29, 0.717) is 11.7 Å². The van der Waals surface area contributed by atoms with E-state index in [4.69, 9.17) is 0 Å². The largest absolute Gasteiger partial charge is 0.311 e. The number of nitrogens with zero attached hydrogens (tertiary/aromatic N) is 1. The number of nitriles is 1. The van der Waals surface area contributed by atoms with Crippen LogP contribution in [0.3, 0.4) is 0 Å². The average Bonchev–Trinajstić information content (AvgIpc) is 3.67. The molecule has 6 rings (SSSR count). The summed E-state index contributed by atoms with van der Waals surface area (Å²) in [5.41, 5.74) is 0.482. The molecule has 6 aliphatic rings. The molecule has 0 saturated heterocycles. The molecule has 0 aromatic heterocycles. The molecule has 0 heterocycles. The Morgan fingerprint density at radius 1 is 0.947 bits per heavy atom. The molecule has 6 aliphatic carbocycles. The van der Waals surface area contributed by atoms with Gasteiger partial charge in [0, 0.05) is 22.3 Å². The van der Waals surface area contributed by atoms with Gasteiger partial charge in [0.25, 0.3) is 0 Å². The van der Waals surface area contributed by atoms with Crippen LogP contribution in [-0.2, 0) is 9.59 Å². The summed E-state index contributed by atoms with van der Waals surface area (Å²) in [5.74, 6) is 1.58. The van der Waals surface area contributed by atoms with Gasteiger partial charge in [0.05, 0.1) is 5.57 Å². The van der Waals surface area contributed by atoms with Gasteiger partial charge in [-0.2, -0.15) is 5.26 Å². The van der Waals surface area contributed by atoms with Crippen LogP contribution < -0.4 is 5.32 Å². The molecule has 0 bridgehead atoms. The van der Waals surface area contributed by atoms with E-state index in [-0.39, 0.29) is 45.0 Å². The number of fused-ring (bicyclic) bond motifs is 7. The molecule has 1 N–H and O–H groups in total. The first-order valence-electron chi connectivity index (χ1n) is 15.3. The first-order valence-corrected chi connectivity index (χ1v) is 15.3. The predicted molar refractivity (Wildman–Crippen MR) is 150 cm³/mol. The highest BCUT2D eigenvalue weighted by atomic mass is 16.1. The Hall–Kier alpha value is -1.73. The Morgan fingerprint density at radius 2 is 1.63 bits per heavy atom. The lowest BCUT2D eigenvalue weighted by molar-refractivity contribution is -0.161. The number of allylic oxidation sites excluding steroid dienone is 4. The van der Waals surface area contributed by atoms with Gasteiger partial charge in [-0.1, -0.05) is 60.1 Å². The molecule has 0 amide bonds. The zero-order chi connectivity index (χ0) is 27.5. The van der Waals surface area contributed by atoms with E-state index in [1.165, 1.54) is 31.3 Å². The standard InChI is InChI=1S/C34H48N2O2/c1-29(2)12-14-34(36-20-21-8-9-21)15-13-33(7)27(23(34)18-29)24(37)16-26-31(5)17-22(19-35)28(38)30(3,4)25(31)10-11-32(26,33)6/h16-17,21,23,25,27,36H,8-15,18,20H2,1-7H3/t23-,25-,27-,31-,32+,33+,34-/m0/s1. The lowest BCUT2D eigenvalue weighted by Crippen LogP contribution is -2.69. The molecule has 0 radical (unpaired) electrons. The molecule has 0 aliphatic heterocycles. The zero-order valence-electron chi connectivity index (χ0n) is 24.8. The molecule has 4 saturated carbocycles. The summed E-state index contributed by atoms with van der Waals surface area (Å²) in [6.45, 7) is 17.0. The van der Waals surface area contributed by atoms with Crippen molar-refractivity contribution in [3.8, 4) is 6.07 Å². The van der Waals surface area contributed by atoms with Gasteiger partial charge in [-0.25, -0.2) is 0 Å². The van der Waals surface area contributed by atoms with Gasteiger partial charge in [0.2, 0.25) is 0 Å². The van der Waals surface area contributed by atoms with Crippen molar-refractivity contribution in [3.05, 3.63) is 23.3 Å². The third-order valence-corrected chi connectivity index (χ3v) is 13.3. The van der Waals surface area contributed by atoms with Crippen molar-refractivity contribution in [2.24, 2.45) is 50.7 Å². The zero-order valence-corrected chi connectivity index (χ0v) is 24.8. The van der Waals surface area contributed by atoms with Crippen molar-refractivity contribution in [1.82, 2.24) is 5.32 Å². The van der Waals surface area contributed by atoms with Crippen LogP contribution in [-0.4, -0.2) is 23.7 Å². The summed E-state index contributed by atoms with van der Waals surface area (Å²) in [5, 5.41) is 14.0. The summed E-state index contributed by atoms with van der Waals surface area (Å²) in [4.78, 5) is 27.8. The second kappa shape index (κ2) is 7.93. The van der Waals surface area contributed by atoms with Crippen molar-refractivity contribution in [1.29, 1.82) is 5.26 Å². The van der Waals surface area contributed by atoms with Crippen LogP contribution in [0.25, 0.3) is 0 Å². The van der Waals surface area contributed by atoms with E-state index >= 15 is 0 Å². The number of carbonyl (C=O) groups excluding carboxylic acids is 2. The molecule has 4 heteroatoms. The first kappa shape index (κ1) is 26.5. The van der Waals surface area contributed by atoms with Crippen molar-refractivity contribution in [3.63, 3.8) is 0 Å². The van der Waals surface area contributed by atoms with Gasteiger partial charge >= 0.3 is 0 Å². The number of nitrogens with one attached hydrogen (secondary N) is 1. The van der Waals surface area contributed by atoms with Gasteiger partial charge in [-0.3, -0.25) is 9.59 Å². The third-order valence-electron chi connectivity index (χ3n) is 13.3. The maximum Gasteiger partial charge on any atom is 0.178 e. The van der Waals surface area contributed by atoms with E-state index in [1.54, 1.807) is 0 Å². The van der Waals surface area contributed by atoms with Gasteiger partial charge in [0.1, 0.15) is 6.07 Å². The summed E-state index contributed by atoms with van der Waals surface area (Å²) >= 11 is 0. The van der Waals surface area contributed by atoms with E-state index in [9.17, 15) is 14.9 Å². The number of rotatable bonds is 3. The van der Waals surface area contributed by atoms with E-state index in [2.05, 4.69) is 46.0 Å². The fourth-order valence-electron chi connectivity index (χ4n) is 10.6. The monoisotopic (exact) mass is 516 g/mol. The van der Waals surface area contributed by atoms with E-state index < -0.39 is 10.8 Å². The molecule has 206 valence electrons. The first-order chi connectivity index (χ1) is 17.6. The smallest absolute Gasteiger partial charge is 0.178 e. The van der Waals surface area contributed by atoms with E-state index in [0.717, 1.165) is 44.6 Å². The number of carbonyl (C=O) groups is 2. The molecule has 4 nitrogen and oxygen atoms in total. The molecule has 0 spiro atoms. The SMILES string of the molecule is CC1(C)CC[C@]2(NCC3CC3)CC[C@]3(C)[C@H](C(=O)C=C4[C@@]5(C)C=C(C#N)C(=O)C(C)(C)[C@@H]5CC[C@]43C)[C@@H]2C1. The molecule has 0 aromatic rings. The lowest BCUT2D eigenvalue weighted by Gasteiger charge is -2.69. The van der Waals surface area contributed by atoms with Crippen LogP contribution in [0.5, 0.6) is 0 Å². The highest BCUT2D eigenvalue weighted by Crippen LogP contribution is 2.73. The molecule has 0 unspecified atom stereocenters. The predicted octanol–water partition coefficient (Wildman–Crippen LogP) is 6.96. The van der Waals surface area contributed by atoms with Crippen LogP contribution in [0.4, 0.5) is 0 Å². The maximum atomic E-state index is 14.5. The van der Waals surface area contributed by atoms with E-state index in [1.807, 2.05) is 26.0 Å². The highest BCUT2D eigenvalue weighted by Gasteiger charge is 2.69. The molecular weight excluding hydrogens is 468 g/mol. The molecule has 38 heavy (non-hydrogen) atoms.